The zero-order valence-corrected chi connectivity index (χ0v) is 16.3. The zero-order chi connectivity index (χ0) is 19.2. The van der Waals surface area contributed by atoms with Crippen LogP contribution in [0.5, 0.6) is 0 Å². The molecule has 5 nitrogen and oxygen atoms in total. The minimum Gasteiger partial charge on any atom is -0.322 e. The van der Waals surface area contributed by atoms with E-state index in [1.165, 1.54) is 12.1 Å². The number of benzene rings is 2. The molecule has 0 aliphatic heterocycles. The number of anilines is 1. The van der Waals surface area contributed by atoms with Gasteiger partial charge in [-0.2, -0.15) is 0 Å². The average Bonchev–Trinajstić information content (AvgIpc) is 2.62. The SMILES string of the molecule is CCCCCNS(=O)(=O)c1cccc(C(=O)Nc2ccc(C)c(C)c2)c1. The molecule has 0 radical (unpaired) electrons. The fraction of sp³-hybridized carbons (Fsp3) is 0.350. The van der Waals surface area contributed by atoms with Crippen LogP contribution in [0.1, 0.15) is 47.7 Å². The maximum Gasteiger partial charge on any atom is 0.255 e. The molecule has 0 aliphatic carbocycles. The third-order valence-electron chi connectivity index (χ3n) is 4.24. The van der Waals surface area contributed by atoms with E-state index in [1.807, 2.05) is 32.0 Å². The first-order valence-electron chi connectivity index (χ1n) is 8.82. The summed E-state index contributed by atoms with van der Waals surface area (Å²) in [6.07, 6.45) is 2.79. The van der Waals surface area contributed by atoms with Crippen LogP contribution in [0.3, 0.4) is 0 Å². The van der Waals surface area contributed by atoms with Gasteiger partial charge in [0, 0.05) is 17.8 Å². The number of unbranched alkanes of at least 4 members (excludes halogenated alkanes) is 2. The Bertz CT molecular complexity index is 876. The van der Waals surface area contributed by atoms with Gasteiger partial charge in [-0.3, -0.25) is 4.79 Å². The quantitative estimate of drug-likeness (QED) is 0.685. The van der Waals surface area contributed by atoms with Crippen molar-refractivity contribution in [2.24, 2.45) is 0 Å². The number of rotatable bonds is 8. The molecule has 0 atom stereocenters. The lowest BCUT2D eigenvalue weighted by Crippen LogP contribution is -2.25. The van der Waals surface area contributed by atoms with Crippen molar-refractivity contribution in [1.29, 1.82) is 0 Å². The second kappa shape index (κ2) is 8.96. The Morgan fingerprint density at radius 1 is 1.00 bits per heavy atom. The van der Waals surface area contributed by atoms with Gasteiger partial charge in [-0.15, -0.1) is 0 Å². The number of hydrogen-bond donors (Lipinski definition) is 2. The molecule has 0 aliphatic rings. The van der Waals surface area contributed by atoms with Crippen molar-refractivity contribution in [2.45, 2.75) is 44.9 Å². The number of carbonyl (C=O) groups excluding carboxylic acids is 1. The highest BCUT2D eigenvalue weighted by Crippen LogP contribution is 2.17. The van der Waals surface area contributed by atoms with Gasteiger partial charge in [0.05, 0.1) is 4.90 Å². The smallest absolute Gasteiger partial charge is 0.255 e. The lowest BCUT2D eigenvalue weighted by atomic mass is 10.1. The Kier molecular flexibility index (Phi) is 6.94. The molecule has 0 aromatic heterocycles. The van der Waals surface area contributed by atoms with Crippen LogP contribution in [0.15, 0.2) is 47.4 Å². The standard InChI is InChI=1S/C20H26N2O3S/c1-4-5-6-12-21-26(24,25)19-9-7-8-17(14-19)20(23)22-18-11-10-15(2)16(3)13-18/h7-11,13-14,21H,4-6,12H2,1-3H3,(H,22,23). The molecule has 2 N–H and O–H groups in total. The van der Waals surface area contributed by atoms with Crippen LogP contribution in [0.2, 0.25) is 0 Å². The Hall–Kier alpha value is -2.18. The first-order valence-corrected chi connectivity index (χ1v) is 10.3. The minimum atomic E-state index is -3.61. The van der Waals surface area contributed by atoms with Crippen molar-refractivity contribution in [1.82, 2.24) is 4.72 Å². The molecule has 6 heteroatoms. The van der Waals surface area contributed by atoms with E-state index in [0.717, 1.165) is 30.4 Å². The largest absolute Gasteiger partial charge is 0.322 e. The van der Waals surface area contributed by atoms with Crippen molar-refractivity contribution in [3.63, 3.8) is 0 Å². The predicted molar refractivity (Wildman–Crippen MR) is 105 cm³/mol. The number of hydrogen-bond acceptors (Lipinski definition) is 3. The van der Waals surface area contributed by atoms with Crippen molar-refractivity contribution >= 4 is 21.6 Å². The summed E-state index contributed by atoms with van der Waals surface area (Å²) in [6, 6.07) is 11.7. The first kappa shape index (κ1) is 20.1. The van der Waals surface area contributed by atoms with Gasteiger partial charge in [0.1, 0.15) is 0 Å². The average molecular weight is 375 g/mol. The third kappa shape index (κ3) is 5.41. The van der Waals surface area contributed by atoms with E-state index in [2.05, 4.69) is 17.0 Å². The van der Waals surface area contributed by atoms with E-state index < -0.39 is 10.0 Å². The molecule has 2 rings (SSSR count). The molecular weight excluding hydrogens is 348 g/mol. The molecule has 0 saturated heterocycles. The van der Waals surface area contributed by atoms with Gasteiger partial charge in [0.2, 0.25) is 10.0 Å². The second-order valence-corrected chi connectivity index (χ2v) is 8.15. The van der Waals surface area contributed by atoms with Gasteiger partial charge in [0.25, 0.3) is 5.91 Å². The van der Waals surface area contributed by atoms with E-state index in [4.69, 9.17) is 0 Å². The van der Waals surface area contributed by atoms with Gasteiger partial charge in [-0.1, -0.05) is 31.9 Å². The summed E-state index contributed by atoms with van der Waals surface area (Å²) in [6.45, 7) is 6.44. The summed E-state index contributed by atoms with van der Waals surface area (Å²) >= 11 is 0. The molecule has 0 spiro atoms. The van der Waals surface area contributed by atoms with Crippen LogP contribution in [0.4, 0.5) is 5.69 Å². The van der Waals surface area contributed by atoms with Crippen LogP contribution >= 0.6 is 0 Å². The van der Waals surface area contributed by atoms with Crippen LogP contribution in [-0.2, 0) is 10.0 Å². The highest BCUT2D eigenvalue weighted by molar-refractivity contribution is 7.89. The van der Waals surface area contributed by atoms with Gasteiger partial charge in [0.15, 0.2) is 0 Å². The van der Waals surface area contributed by atoms with E-state index >= 15 is 0 Å². The van der Waals surface area contributed by atoms with Crippen molar-refractivity contribution in [3.8, 4) is 0 Å². The number of aryl methyl sites for hydroxylation is 2. The normalized spacial score (nSPS) is 11.3. The Balaban J connectivity index is 2.12. The number of sulfonamides is 1. The molecule has 2 aromatic carbocycles. The molecule has 0 heterocycles. The van der Waals surface area contributed by atoms with E-state index in [1.54, 1.807) is 12.1 Å². The van der Waals surface area contributed by atoms with Crippen LogP contribution in [-0.4, -0.2) is 20.9 Å². The molecule has 0 unspecified atom stereocenters. The number of amides is 1. The topological polar surface area (TPSA) is 75.3 Å². The fourth-order valence-electron chi connectivity index (χ4n) is 2.49. The van der Waals surface area contributed by atoms with Gasteiger partial charge >= 0.3 is 0 Å². The number of nitrogens with one attached hydrogen (secondary N) is 2. The van der Waals surface area contributed by atoms with Crippen LogP contribution in [0.25, 0.3) is 0 Å². The second-order valence-electron chi connectivity index (χ2n) is 6.39. The summed E-state index contributed by atoms with van der Waals surface area (Å²) in [5.74, 6) is -0.337. The molecular formula is C20H26N2O3S. The lowest BCUT2D eigenvalue weighted by molar-refractivity contribution is 0.102. The summed E-state index contributed by atoms with van der Waals surface area (Å²) in [7, 11) is -3.61. The highest BCUT2D eigenvalue weighted by atomic mass is 32.2. The molecule has 0 fully saturated rings. The van der Waals surface area contributed by atoms with Crippen molar-refractivity contribution < 1.29 is 13.2 Å². The third-order valence-corrected chi connectivity index (χ3v) is 5.70. The Labute approximate surface area is 155 Å². The zero-order valence-electron chi connectivity index (χ0n) is 15.5. The fourth-order valence-corrected chi connectivity index (χ4v) is 3.61. The molecule has 140 valence electrons. The monoisotopic (exact) mass is 374 g/mol. The van der Waals surface area contributed by atoms with Gasteiger partial charge < -0.3 is 5.32 Å². The van der Waals surface area contributed by atoms with E-state index in [9.17, 15) is 13.2 Å². The molecule has 26 heavy (non-hydrogen) atoms. The van der Waals surface area contributed by atoms with Crippen LogP contribution < -0.4 is 10.0 Å². The van der Waals surface area contributed by atoms with Gasteiger partial charge in [-0.25, -0.2) is 13.1 Å². The van der Waals surface area contributed by atoms with Crippen molar-refractivity contribution in [3.05, 3.63) is 59.2 Å². The Morgan fingerprint density at radius 3 is 2.46 bits per heavy atom. The van der Waals surface area contributed by atoms with E-state index in [0.29, 0.717) is 17.8 Å². The maximum atomic E-state index is 12.5. The molecule has 2 aromatic rings. The highest BCUT2D eigenvalue weighted by Gasteiger charge is 2.16. The summed E-state index contributed by atoms with van der Waals surface area (Å²) in [5.41, 5.74) is 3.21. The predicted octanol–water partition coefficient (Wildman–Crippen LogP) is 4.02. The van der Waals surface area contributed by atoms with Gasteiger partial charge in [-0.05, 0) is 61.7 Å². The van der Waals surface area contributed by atoms with Crippen molar-refractivity contribution in [2.75, 3.05) is 11.9 Å². The molecule has 0 bridgehead atoms. The number of carbonyl (C=O) groups is 1. The van der Waals surface area contributed by atoms with Crippen LogP contribution in [0, 0.1) is 13.8 Å². The Morgan fingerprint density at radius 2 is 1.77 bits per heavy atom. The lowest BCUT2D eigenvalue weighted by Gasteiger charge is -2.10. The summed E-state index contributed by atoms with van der Waals surface area (Å²) in [5, 5.41) is 2.81. The first-order chi connectivity index (χ1) is 12.3. The molecule has 1 amide bonds. The van der Waals surface area contributed by atoms with E-state index in [-0.39, 0.29) is 10.8 Å². The summed E-state index contributed by atoms with van der Waals surface area (Å²) in [4.78, 5) is 12.6. The molecule has 0 saturated carbocycles. The maximum absolute atomic E-state index is 12.5. The minimum absolute atomic E-state index is 0.0988. The summed E-state index contributed by atoms with van der Waals surface area (Å²) < 4.78 is 27.3.